The van der Waals surface area contributed by atoms with E-state index in [2.05, 4.69) is 20.0 Å². The molecule has 15 heteroatoms. The van der Waals surface area contributed by atoms with Crippen LogP contribution in [0.4, 0.5) is 5.95 Å². The molecular formula is C26H34ClN6O7P. The van der Waals surface area contributed by atoms with Crippen LogP contribution in [0, 0.1) is 5.92 Å². The number of halogens is 1. The molecule has 0 amide bonds. The average molecular weight is 609 g/mol. The first-order chi connectivity index (χ1) is 19.5. The van der Waals surface area contributed by atoms with Crippen LogP contribution in [-0.2, 0) is 34.3 Å². The van der Waals surface area contributed by atoms with Gasteiger partial charge < -0.3 is 19.9 Å². The lowest BCUT2D eigenvalue weighted by Crippen LogP contribution is -2.47. The minimum Gasteiger partial charge on any atom is -0.476 e. The van der Waals surface area contributed by atoms with E-state index >= 15 is 0 Å². The van der Waals surface area contributed by atoms with Crippen LogP contribution < -0.4 is 15.6 Å². The van der Waals surface area contributed by atoms with Crippen molar-refractivity contribution in [3.8, 4) is 5.88 Å². The Kier molecular flexibility index (Phi) is 8.56. The van der Waals surface area contributed by atoms with Gasteiger partial charge in [0.15, 0.2) is 17.4 Å². The zero-order valence-corrected chi connectivity index (χ0v) is 24.9. The number of nitrogens with one attached hydrogen (secondary N) is 1. The largest absolute Gasteiger partial charge is 0.476 e. The summed E-state index contributed by atoms with van der Waals surface area (Å²) in [5.41, 5.74) is 7.65. The minimum absolute atomic E-state index is 0.00491. The number of nitrogen functional groups attached to an aromatic ring is 1. The van der Waals surface area contributed by atoms with Crippen molar-refractivity contribution in [2.24, 2.45) is 5.92 Å². The number of nitrogens with two attached hydrogens (primary N) is 1. The van der Waals surface area contributed by atoms with Gasteiger partial charge in [-0.1, -0.05) is 44.2 Å². The van der Waals surface area contributed by atoms with Gasteiger partial charge in [-0.15, -0.1) is 11.6 Å². The Morgan fingerprint density at radius 3 is 2.78 bits per heavy atom. The molecule has 222 valence electrons. The Hall–Kier alpha value is -2.80. The lowest BCUT2D eigenvalue weighted by Gasteiger charge is -2.36. The maximum Gasteiger partial charge on any atom is 0.406 e. The van der Waals surface area contributed by atoms with Crippen molar-refractivity contribution in [3.05, 3.63) is 42.2 Å². The molecule has 5 rings (SSSR count). The minimum atomic E-state index is -3.91. The Bertz CT molecular complexity index is 1440. The Labute approximate surface area is 242 Å². The summed E-state index contributed by atoms with van der Waals surface area (Å²) in [6.45, 7) is 7.33. The fourth-order valence-electron chi connectivity index (χ4n) is 4.86. The molecule has 0 aliphatic carbocycles. The van der Waals surface area contributed by atoms with E-state index in [1.54, 1.807) is 25.3 Å². The van der Waals surface area contributed by atoms with Crippen molar-refractivity contribution in [2.75, 3.05) is 25.6 Å². The van der Waals surface area contributed by atoms with Crippen LogP contribution in [0.3, 0.4) is 0 Å². The maximum absolute atomic E-state index is 13.9. The quantitative estimate of drug-likeness (QED) is 0.196. The number of rotatable bonds is 10. The van der Waals surface area contributed by atoms with Crippen molar-refractivity contribution in [3.63, 3.8) is 0 Å². The zero-order chi connectivity index (χ0) is 29.4. The molecule has 41 heavy (non-hydrogen) atoms. The van der Waals surface area contributed by atoms with Crippen LogP contribution >= 0.6 is 19.3 Å². The second-order valence-corrected chi connectivity index (χ2v) is 13.0. The number of carbonyl (C=O) groups is 1. The molecule has 3 aromatic rings. The van der Waals surface area contributed by atoms with Gasteiger partial charge in [-0.05, 0) is 25.8 Å². The van der Waals surface area contributed by atoms with E-state index in [1.807, 2.05) is 37.3 Å². The molecular weight excluding hydrogens is 575 g/mol. The number of benzene rings is 1. The van der Waals surface area contributed by atoms with Crippen LogP contribution in [-0.4, -0.2) is 68.4 Å². The van der Waals surface area contributed by atoms with E-state index in [0.717, 1.165) is 5.56 Å². The van der Waals surface area contributed by atoms with Crippen LogP contribution in [0.5, 0.6) is 5.88 Å². The molecule has 2 aromatic heterocycles. The van der Waals surface area contributed by atoms with Gasteiger partial charge in [-0.2, -0.15) is 9.97 Å². The molecule has 2 aliphatic heterocycles. The topological polar surface area (TPSA) is 162 Å². The number of nitrogens with zero attached hydrogens (tertiary/aromatic N) is 4. The molecule has 1 aromatic carbocycles. The van der Waals surface area contributed by atoms with Crippen molar-refractivity contribution in [1.29, 1.82) is 0 Å². The summed E-state index contributed by atoms with van der Waals surface area (Å²) in [5, 5.41) is 2.98. The van der Waals surface area contributed by atoms with Crippen molar-refractivity contribution in [1.82, 2.24) is 24.6 Å². The predicted octanol–water partition coefficient (Wildman–Crippen LogP) is 3.63. The Balaban J connectivity index is 1.37. The summed E-state index contributed by atoms with van der Waals surface area (Å²) in [6, 6.07) is 9.01. The van der Waals surface area contributed by atoms with Crippen LogP contribution in [0.15, 0.2) is 36.7 Å². The standard InChI is InChI=1S/C26H34ClN6O7P/c1-5-36-22-19-21(30-25(28)31-22)33(14-29-19)24-26(4,27)20-18(39-24)13-38-41(35,40-20)32-17(12-37-23(34)15(2)3)11-16-9-7-6-8-10-16/h6-10,14-15,17-18,20,24H,5,11-13H2,1-4H3,(H,32,35)(H2,28,30,31)/t17-,18+,20+,24+,26+,41+/m0/s1. The van der Waals surface area contributed by atoms with Gasteiger partial charge >= 0.3 is 13.7 Å². The van der Waals surface area contributed by atoms with Crippen molar-refractivity contribution < 1.29 is 32.6 Å². The molecule has 6 atom stereocenters. The smallest absolute Gasteiger partial charge is 0.406 e. The van der Waals surface area contributed by atoms with E-state index in [9.17, 15) is 9.36 Å². The second-order valence-electron chi connectivity index (χ2n) is 10.4. The summed E-state index contributed by atoms with van der Waals surface area (Å²) in [6.07, 6.45) is -0.365. The average Bonchev–Trinajstić information content (AvgIpc) is 3.45. The molecule has 0 spiro atoms. The molecule has 2 aliphatic rings. The Morgan fingerprint density at radius 1 is 1.32 bits per heavy atom. The van der Waals surface area contributed by atoms with E-state index in [-0.39, 0.29) is 36.9 Å². The Morgan fingerprint density at radius 2 is 2.07 bits per heavy atom. The number of aromatic nitrogens is 4. The molecule has 0 bridgehead atoms. The first kappa shape index (κ1) is 29.7. The van der Waals surface area contributed by atoms with Crippen molar-refractivity contribution >= 4 is 42.4 Å². The number of esters is 1. The van der Waals surface area contributed by atoms with Gasteiger partial charge in [0.05, 0.1) is 31.5 Å². The highest BCUT2D eigenvalue weighted by Crippen LogP contribution is 2.58. The highest BCUT2D eigenvalue weighted by atomic mass is 35.5. The van der Waals surface area contributed by atoms with E-state index < -0.39 is 37.1 Å². The summed E-state index contributed by atoms with van der Waals surface area (Å²) in [4.78, 5) is 23.8. The highest BCUT2D eigenvalue weighted by Gasteiger charge is 2.60. The third-order valence-corrected chi connectivity index (χ3v) is 8.92. The summed E-state index contributed by atoms with van der Waals surface area (Å²) in [7, 11) is -3.91. The molecule has 3 N–H and O–H groups in total. The fraction of sp³-hybridized carbons (Fsp3) is 0.538. The van der Waals surface area contributed by atoms with Crippen LogP contribution in [0.2, 0.25) is 0 Å². The zero-order valence-electron chi connectivity index (χ0n) is 23.2. The molecule has 2 fully saturated rings. The molecule has 13 nitrogen and oxygen atoms in total. The molecule has 0 unspecified atom stereocenters. The van der Waals surface area contributed by atoms with Gasteiger partial charge in [0.2, 0.25) is 11.8 Å². The van der Waals surface area contributed by atoms with Gasteiger partial charge in [-0.3, -0.25) is 18.4 Å². The molecule has 0 saturated carbocycles. The van der Waals surface area contributed by atoms with E-state index in [0.29, 0.717) is 24.2 Å². The number of anilines is 1. The van der Waals surface area contributed by atoms with Crippen molar-refractivity contribution in [2.45, 2.75) is 63.5 Å². The first-order valence-corrected chi connectivity index (χ1v) is 15.3. The number of hydrogen-bond acceptors (Lipinski definition) is 11. The highest BCUT2D eigenvalue weighted by molar-refractivity contribution is 7.51. The number of alkyl halides is 1. The first-order valence-electron chi connectivity index (χ1n) is 13.4. The molecule has 0 radical (unpaired) electrons. The number of imidazole rings is 1. The molecule has 4 heterocycles. The van der Waals surface area contributed by atoms with E-state index in [4.69, 9.17) is 40.6 Å². The number of fused-ring (bicyclic) bond motifs is 2. The lowest BCUT2D eigenvalue weighted by molar-refractivity contribution is -0.148. The third-order valence-electron chi connectivity index (χ3n) is 6.85. The number of ether oxygens (including phenoxy) is 3. The third kappa shape index (κ3) is 6.20. The monoisotopic (exact) mass is 608 g/mol. The molecule has 2 saturated heterocycles. The number of hydrogen-bond donors (Lipinski definition) is 2. The van der Waals surface area contributed by atoms with Gasteiger partial charge in [0.25, 0.3) is 0 Å². The summed E-state index contributed by atoms with van der Waals surface area (Å²) in [5.74, 6) is -0.416. The van der Waals surface area contributed by atoms with Gasteiger partial charge in [-0.25, -0.2) is 14.6 Å². The number of carbonyl (C=O) groups excluding carboxylic acids is 1. The lowest BCUT2D eigenvalue weighted by atomic mass is 10.0. The maximum atomic E-state index is 13.9. The fourth-order valence-corrected chi connectivity index (χ4v) is 7.07. The summed E-state index contributed by atoms with van der Waals surface area (Å²) < 4.78 is 44.7. The SMILES string of the molecule is CCOc1nc(N)nc2c1ncn2[C@@H]1O[C@@H]2CO[P@](=O)(N[C@H](COC(=O)C(C)C)Cc3ccccc3)O[C@H]2[C@@]1(C)Cl. The van der Waals surface area contributed by atoms with E-state index in [1.165, 1.54) is 6.33 Å². The normalized spacial score (nSPS) is 28.5. The van der Waals surface area contributed by atoms with Crippen LogP contribution in [0.25, 0.3) is 11.2 Å². The second kappa shape index (κ2) is 11.8. The predicted molar refractivity (Wildman–Crippen MR) is 150 cm³/mol. The van der Waals surface area contributed by atoms with Gasteiger partial charge in [0, 0.05) is 0 Å². The summed E-state index contributed by atoms with van der Waals surface area (Å²) >= 11 is 7.09. The van der Waals surface area contributed by atoms with Gasteiger partial charge in [0.1, 0.15) is 23.7 Å². The van der Waals surface area contributed by atoms with Crippen LogP contribution in [0.1, 0.15) is 39.5 Å².